The molecule has 0 saturated carbocycles. The molecular weight excluding hydrogens is 420 g/mol. The summed E-state index contributed by atoms with van der Waals surface area (Å²) in [6, 6.07) is 11.7. The normalized spacial score (nSPS) is 14.0. The Morgan fingerprint density at radius 1 is 0.909 bits per heavy atom. The highest BCUT2D eigenvalue weighted by molar-refractivity contribution is 5.82. The van der Waals surface area contributed by atoms with Gasteiger partial charge in [-0.05, 0) is 36.8 Å². The summed E-state index contributed by atoms with van der Waals surface area (Å²) < 4.78 is 12.5. The van der Waals surface area contributed by atoms with Crippen molar-refractivity contribution in [3.05, 3.63) is 48.3 Å². The minimum Gasteiger partial charge on any atom is -0.493 e. The first-order chi connectivity index (χ1) is 16.1. The number of nitrogens with two attached hydrogens (primary N) is 1. The summed E-state index contributed by atoms with van der Waals surface area (Å²) in [5, 5.41) is 4.58. The molecule has 0 bridgehead atoms. The number of nitrogens with zero attached hydrogens (tertiary/aromatic N) is 7. The first-order valence-electron chi connectivity index (χ1n) is 10.7. The monoisotopic (exact) mass is 446 g/mol. The fourth-order valence-corrected chi connectivity index (χ4v) is 4.20. The van der Waals surface area contributed by atoms with E-state index in [2.05, 4.69) is 24.9 Å². The maximum atomic E-state index is 6.30. The van der Waals surface area contributed by atoms with Crippen LogP contribution in [-0.4, -0.2) is 65.0 Å². The second-order valence-corrected chi connectivity index (χ2v) is 7.81. The Balaban J connectivity index is 1.49. The SMILES string of the molecule is COc1ccc(-c2c(C)nn3c(N)nc(N4CCN(c5ccccn5)CC4)nc23)cc1OC. The fourth-order valence-electron chi connectivity index (χ4n) is 4.20. The van der Waals surface area contributed by atoms with Crippen LogP contribution >= 0.6 is 0 Å². The van der Waals surface area contributed by atoms with E-state index in [9.17, 15) is 0 Å². The van der Waals surface area contributed by atoms with Crippen molar-refractivity contribution in [1.29, 1.82) is 0 Å². The Morgan fingerprint density at radius 2 is 1.67 bits per heavy atom. The summed E-state index contributed by atoms with van der Waals surface area (Å²) in [4.78, 5) is 18.3. The Bertz CT molecular complexity index is 1280. The second kappa shape index (κ2) is 8.45. The molecule has 0 amide bonds. The molecule has 33 heavy (non-hydrogen) atoms. The largest absolute Gasteiger partial charge is 0.493 e. The van der Waals surface area contributed by atoms with Crippen LogP contribution in [0.5, 0.6) is 11.5 Å². The predicted octanol–water partition coefficient (Wildman–Crippen LogP) is 2.42. The number of piperazine rings is 1. The van der Waals surface area contributed by atoms with Crippen LogP contribution in [0.1, 0.15) is 5.69 Å². The molecule has 1 saturated heterocycles. The molecule has 0 unspecified atom stereocenters. The molecule has 1 aliphatic heterocycles. The minimum absolute atomic E-state index is 0.303. The lowest BCUT2D eigenvalue weighted by Gasteiger charge is -2.35. The fraction of sp³-hybridized carbons (Fsp3) is 0.304. The molecule has 4 heterocycles. The van der Waals surface area contributed by atoms with Crippen LogP contribution in [-0.2, 0) is 0 Å². The van der Waals surface area contributed by atoms with E-state index in [0.29, 0.717) is 29.0 Å². The van der Waals surface area contributed by atoms with Crippen LogP contribution in [0.2, 0.25) is 0 Å². The molecule has 1 aliphatic rings. The number of methoxy groups -OCH3 is 2. The van der Waals surface area contributed by atoms with E-state index in [-0.39, 0.29) is 0 Å². The maximum absolute atomic E-state index is 6.30. The highest BCUT2D eigenvalue weighted by atomic mass is 16.5. The summed E-state index contributed by atoms with van der Waals surface area (Å²) in [6.07, 6.45) is 1.82. The standard InChI is InChI=1S/C23H26N8O2/c1-15-20(16-7-8-17(32-2)18(14-16)33-3)21-26-23(27-22(24)31(21)28-15)30-12-10-29(11-13-30)19-6-4-5-9-25-19/h4-9,14H,10-13H2,1-3H3,(H2,24,26,27). The quantitative estimate of drug-likeness (QED) is 0.494. The third kappa shape index (κ3) is 3.73. The summed E-state index contributed by atoms with van der Waals surface area (Å²) in [5.41, 5.74) is 9.58. The lowest BCUT2D eigenvalue weighted by atomic mass is 10.1. The number of benzene rings is 1. The number of rotatable bonds is 5. The van der Waals surface area contributed by atoms with Gasteiger partial charge in [0.1, 0.15) is 5.82 Å². The van der Waals surface area contributed by atoms with Crippen LogP contribution in [0.25, 0.3) is 16.8 Å². The zero-order valence-electron chi connectivity index (χ0n) is 18.9. The van der Waals surface area contributed by atoms with Gasteiger partial charge in [0.05, 0.1) is 19.9 Å². The third-order valence-corrected chi connectivity index (χ3v) is 5.88. The molecule has 0 radical (unpaired) electrons. The van der Waals surface area contributed by atoms with Gasteiger partial charge in [-0.3, -0.25) is 0 Å². The first kappa shape index (κ1) is 20.8. The van der Waals surface area contributed by atoms with E-state index in [1.54, 1.807) is 18.7 Å². The number of nitrogen functional groups attached to an aromatic ring is 1. The van der Waals surface area contributed by atoms with Crippen molar-refractivity contribution in [3.63, 3.8) is 0 Å². The summed E-state index contributed by atoms with van der Waals surface area (Å²) >= 11 is 0. The zero-order valence-corrected chi connectivity index (χ0v) is 18.9. The van der Waals surface area contributed by atoms with Gasteiger partial charge in [-0.1, -0.05) is 12.1 Å². The van der Waals surface area contributed by atoms with Crippen molar-refractivity contribution in [2.75, 3.05) is 55.9 Å². The second-order valence-electron chi connectivity index (χ2n) is 7.81. The van der Waals surface area contributed by atoms with Gasteiger partial charge >= 0.3 is 0 Å². The molecule has 170 valence electrons. The van der Waals surface area contributed by atoms with Crippen LogP contribution in [0, 0.1) is 6.92 Å². The zero-order chi connectivity index (χ0) is 22.9. The topological polar surface area (TPSA) is 107 Å². The van der Waals surface area contributed by atoms with Crippen molar-refractivity contribution in [2.24, 2.45) is 0 Å². The Morgan fingerprint density at radius 3 is 2.36 bits per heavy atom. The molecule has 2 N–H and O–H groups in total. The first-order valence-corrected chi connectivity index (χ1v) is 10.7. The lowest BCUT2D eigenvalue weighted by molar-refractivity contribution is 0.355. The van der Waals surface area contributed by atoms with Crippen molar-refractivity contribution in [2.45, 2.75) is 6.92 Å². The van der Waals surface area contributed by atoms with Gasteiger partial charge in [-0.15, -0.1) is 0 Å². The smallest absolute Gasteiger partial charge is 0.230 e. The molecule has 1 aromatic carbocycles. The van der Waals surface area contributed by atoms with Crippen LogP contribution < -0.4 is 25.0 Å². The van der Waals surface area contributed by atoms with Crippen molar-refractivity contribution in [3.8, 4) is 22.6 Å². The maximum Gasteiger partial charge on any atom is 0.230 e. The molecular formula is C23H26N8O2. The number of ether oxygens (including phenoxy) is 2. The number of aromatic nitrogens is 5. The van der Waals surface area contributed by atoms with Gasteiger partial charge in [0.25, 0.3) is 0 Å². The van der Waals surface area contributed by atoms with Gasteiger partial charge in [-0.25, -0.2) is 4.98 Å². The van der Waals surface area contributed by atoms with Gasteiger partial charge in [0.2, 0.25) is 11.9 Å². The Labute approximate surface area is 191 Å². The summed E-state index contributed by atoms with van der Waals surface area (Å²) in [6.45, 7) is 5.13. The number of hydrogen-bond acceptors (Lipinski definition) is 9. The lowest BCUT2D eigenvalue weighted by Crippen LogP contribution is -2.47. The molecule has 10 nitrogen and oxygen atoms in total. The number of fused-ring (bicyclic) bond motifs is 1. The van der Waals surface area contributed by atoms with Crippen LogP contribution in [0.15, 0.2) is 42.6 Å². The van der Waals surface area contributed by atoms with Crippen molar-refractivity contribution in [1.82, 2.24) is 24.6 Å². The molecule has 0 spiro atoms. The Hall–Kier alpha value is -4.08. The summed E-state index contributed by atoms with van der Waals surface area (Å²) in [5.74, 6) is 3.19. The molecule has 4 aromatic rings. The van der Waals surface area contributed by atoms with Crippen molar-refractivity contribution < 1.29 is 9.47 Å². The highest BCUT2D eigenvalue weighted by Crippen LogP contribution is 2.35. The van der Waals surface area contributed by atoms with E-state index in [0.717, 1.165) is 48.8 Å². The number of anilines is 3. The van der Waals surface area contributed by atoms with Gasteiger partial charge < -0.3 is 25.0 Å². The molecule has 0 atom stereocenters. The molecule has 10 heteroatoms. The third-order valence-electron chi connectivity index (χ3n) is 5.88. The molecule has 5 rings (SSSR count). The molecule has 1 fully saturated rings. The van der Waals surface area contributed by atoms with E-state index in [1.165, 1.54) is 0 Å². The average Bonchev–Trinajstić information content (AvgIpc) is 3.20. The number of aryl methyl sites for hydroxylation is 1. The Kier molecular flexibility index (Phi) is 5.33. The summed E-state index contributed by atoms with van der Waals surface area (Å²) in [7, 11) is 3.24. The van der Waals surface area contributed by atoms with Gasteiger partial charge in [-0.2, -0.15) is 19.6 Å². The minimum atomic E-state index is 0.303. The number of hydrogen-bond donors (Lipinski definition) is 1. The van der Waals surface area contributed by atoms with E-state index >= 15 is 0 Å². The van der Waals surface area contributed by atoms with Crippen molar-refractivity contribution >= 4 is 23.4 Å². The van der Waals surface area contributed by atoms with E-state index in [1.807, 2.05) is 49.5 Å². The van der Waals surface area contributed by atoms with E-state index < -0.39 is 0 Å². The van der Waals surface area contributed by atoms with Gasteiger partial charge in [0, 0.05) is 37.9 Å². The average molecular weight is 447 g/mol. The molecule has 0 aliphatic carbocycles. The van der Waals surface area contributed by atoms with E-state index in [4.69, 9.17) is 20.2 Å². The number of pyridine rings is 1. The predicted molar refractivity (Wildman–Crippen MR) is 127 cm³/mol. The van der Waals surface area contributed by atoms with Crippen LogP contribution in [0.3, 0.4) is 0 Å². The highest BCUT2D eigenvalue weighted by Gasteiger charge is 2.23. The molecule has 3 aromatic heterocycles. The van der Waals surface area contributed by atoms with Crippen LogP contribution in [0.4, 0.5) is 17.7 Å². The van der Waals surface area contributed by atoms with Gasteiger partial charge in [0.15, 0.2) is 17.1 Å².